The van der Waals surface area contributed by atoms with E-state index in [0.717, 1.165) is 12.1 Å². The Morgan fingerprint density at radius 3 is 1.92 bits per heavy atom. The van der Waals surface area contributed by atoms with E-state index in [2.05, 4.69) is 10.6 Å². The summed E-state index contributed by atoms with van der Waals surface area (Å²) < 4.78 is 42.2. The zero-order valence-electron chi connectivity index (χ0n) is 19.2. The van der Waals surface area contributed by atoms with Crippen LogP contribution in [0.15, 0.2) is 48.0 Å². The molecule has 0 bridgehead atoms. The van der Waals surface area contributed by atoms with E-state index >= 15 is 0 Å². The average Bonchev–Trinajstić information content (AvgIpc) is 2.84. The molecule has 2 amide bonds. The van der Waals surface area contributed by atoms with Crippen molar-refractivity contribution in [1.82, 2.24) is 10.6 Å². The molecule has 0 radical (unpaired) electrons. The van der Waals surface area contributed by atoms with Gasteiger partial charge in [-0.05, 0) is 43.2 Å². The Bertz CT molecular complexity index is 1110. The number of rotatable bonds is 13. The molecular formula is C24H24Cl2F2N2O6. The van der Waals surface area contributed by atoms with Gasteiger partial charge in [-0.2, -0.15) is 0 Å². The molecule has 0 fully saturated rings. The van der Waals surface area contributed by atoms with Crippen LogP contribution in [0.25, 0.3) is 0 Å². The maximum atomic E-state index is 13.5. The second-order valence-corrected chi connectivity index (χ2v) is 7.97. The molecule has 2 aromatic carbocycles. The Morgan fingerprint density at radius 1 is 0.889 bits per heavy atom. The Kier molecular flexibility index (Phi) is 11.9. The highest BCUT2D eigenvalue weighted by Gasteiger charge is 2.10. The topological polar surface area (TPSA) is 103 Å². The number of amides is 2. The Hall–Kier alpha value is -3.37. The van der Waals surface area contributed by atoms with Crippen molar-refractivity contribution in [3.05, 3.63) is 69.7 Å². The third-order valence-electron chi connectivity index (χ3n) is 4.41. The van der Waals surface area contributed by atoms with Gasteiger partial charge in [0, 0.05) is 31.3 Å². The van der Waals surface area contributed by atoms with Crippen LogP contribution in [0.2, 0.25) is 10.0 Å². The van der Waals surface area contributed by atoms with Gasteiger partial charge >= 0.3 is 5.97 Å². The van der Waals surface area contributed by atoms with Gasteiger partial charge in [0.1, 0.15) is 23.1 Å². The number of hydrogen-bond acceptors (Lipinski definition) is 6. The van der Waals surface area contributed by atoms with Crippen molar-refractivity contribution < 1.29 is 37.4 Å². The molecule has 2 N–H and O–H groups in total. The Morgan fingerprint density at radius 2 is 1.42 bits per heavy atom. The van der Waals surface area contributed by atoms with Crippen molar-refractivity contribution >= 4 is 41.0 Å². The van der Waals surface area contributed by atoms with E-state index < -0.39 is 36.0 Å². The predicted octanol–water partition coefficient (Wildman–Crippen LogP) is 3.84. The molecule has 36 heavy (non-hydrogen) atoms. The molecule has 194 valence electrons. The van der Waals surface area contributed by atoms with E-state index in [1.54, 1.807) is 6.92 Å². The predicted molar refractivity (Wildman–Crippen MR) is 129 cm³/mol. The quantitative estimate of drug-likeness (QED) is 0.293. The van der Waals surface area contributed by atoms with Gasteiger partial charge in [-0.1, -0.05) is 23.2 Å². The second-order valence-electron chi connectivity index (χ2n) is 7.16. The fourth-order valence-corrected chi connectivity index (χ4v) is 2.90. The van der Waals surface area contributed by atoms with Crippen LogP contribution in [0.4, 0.5) is 8.78 Å². The fraction of sp³-hybridized carbons (Fsp3) is 0.292. The molecule has 0 atom stereocenters. The third kappa shape index (κ3) is 10.5. The van der Waals surface area contributed by atoms with Crippen molar-refractivity contribution in [2.75, 3.05) is 32.9 Å². The van der Waals surface area contributed by atoms with Gasteiger partial charge in [-0.25, -0.2) is 13.6 Å². The lowest BCUT2D eigenvalue weighted by molar-refractivity contribution is -0.137. The molecule has 0 saturated heterocycles. The molecule has 0 spiro atoms. The van der Waals surface area contributed by atoms with Crippen LogP contribution in [0, 0.1) is 11.6 Å². The summed E-state index contributed by atoms with van der Waals surface area (Å²) in [6.07, 6.45) is 1.43. The number of benzene rings is 2. The number of halogens is 4. The fourth-order valence-electron chi connectivity index (χ4n) is 2.67. The smallest absolute Gasteiger partial charge is 0.330 e. The average molecular weight is 545 g/mol. The molecule has 0 unspecified atom stereocenters. The van der Waals surface area contributed by atoms with Crippen molar-refractivity contribution in [3.8, 4) is 11.5 Å². The summed E-state index contributed by atoms with van der Waals surface area (Å²) in [5.41, 5.74) is 0.473. The van der Waals surface area contributed by atoms with E-state index in [4.69, 9.17) is 37.4 Å². The van der Waals surface area contributed by atoms with E-state index in [9.17, 15) is 23.2 Å². The van der Waals surface area contributed by atoms with Crippen LogP contribution in [-0.4, -0.2) is 50.7 Å². The minimum atomic E-state index is -0.679. The lowest BCUT2D eigenvalue weighted by Crippen LogP contribution is -2.33. The first kappa shape index (κ1) is 28.9. The Labute approximate surface area is 216 Å². The first-order valence-electron chi connectivity index (χ1n) is 10.7. The number of esters is 1. The van der Waals surface area contributed by atoms with Gasteiger partial charge in [0.15, 0.2) is 13.2 Å². The maximum absolute atomic E-state index is 13.5. The Balaban J connectivity index is 1.81. The number of carbonyl (C=O) groups is 3. The highest BCUT2D eigenvalue weighted by Crippen LogP contribution is 2.21. The number of ether oxygens (including phenoxy) is 3. The molecule has 0 aliphatic rings. The molecule has 2 aromatic rings. The van der Waals surface area contributed by atoms with Crippen LogP contribution in [0.5, 0.6) is 11.5 Å². The summed E-state index contributed by atoms with van der Waals surface area (Å²) in [5, 5.41) is 5.04. The summed E-state index contributed by atoms with van der Waals surface area (Å²) in [7, 11) is 0. The number of nitrogens with one attached hydrogen (secondary N) is 2. The largest absolute Gasteiger partial charge is 0.484 e. The SMILES string of the molecule is CCOC(=O)/C=C(\CCNC(=O)COc1ccc(Cl)c(F)c1)CNC(=O)COc1ccc(Cl)c(F)c1. The summed E-state index contributed by atoms with van der Waals surface area (Å²) in [6, 6.07) is 7.57. The van der Waals surface area contributed by atoms with Crippen molar-refractivity contribution in [3.63, 3.8) is 0 Å². The summed E-state index contributed by atoms with van der Waals surface area (Å²) in [6.45, 7) is 1.16. The van der Waals surface area contributed by atoms with Crippen molar-refractivity contribution in [2.45, 2.75) is 13.3 Å². The van der Waals surface area contributed by atoms with E-state index in [1.165, 1.54) is 30.3 Å². The van der Waals surface area contributed by atoms with Crippen LogP contribution < -0.4 is 20.1 Å². The van der Waals surface area contributed by atoms with E-state index in [-0.39, 0.29) is 54.3 Å². The summed E-state index contributed by atoms with van der Waals surface area (Å²) in [4.78, 5) is 36.0. The summed E-state index contributed by atoms with van der Waals surface area (Å²) in [5.74, 6) is -2.68. The highest BCUT2D eigenvalue weighted by molar-refractivity contribution is 6.31. The number of hydrogen-bond donors (Lipinski definition) is 2. The minimum absolute atomic E-state index is 0.0214. The molecule has 0 saturated carbocycles. The van der Waals surface area contributed by atoms with Gasteiger partial charge in [0.25, 0.3) is 11.8 Å². The van der Waals surface area contributed by atoms with Gasteiger partial charge in [-0.3, -0.25) is 9.59 Å². The first-order valence-corrected chi connectivity index (χ1v) is 11.5. The normalized spacial score (nSPS) is 11.0. The van der Waals surface area contributed by atoms with Gasteiger partial charge < -0.3 is 24.8 Å². The molecule has 8 nitrogen and oxygen atoms in total. The minimum Gasteiger partial charge on any atom is -0.484 e. The maximum Gasteiger partial charge on any atom is 0.330 e. The summed E-state index contributed by atoms with van der Waals surface area (Å²) >= 11 is 11.2. The number of carbonyl (C=O) groups excluding carboxylic acids is 3. The molecule has 2 rings (SSSR count). The van der Waals surface area contributed by atoms with Crippen molar-refractivity contribution in [1.29, 1.82) is 0 Å². The zero-order chi connectivity index (χ0) is 26.5. The van der Waals surface area contributed by atoms with Gasteiger partial charge in [0.05, 0.1) is 16.7 Å². The lowest BCUT2D eigenvalue weighted by atomic mass is 10.1. The van der Waals surface area contributed by atoms with Crippen LogP contribution in [0.3, 0.4) is 0 Å². The molecular weight excluding hydrogens is 521 g/mol. The molecule has 0 aliphatic carbocycles. The molecule has 0 aromatic heterocycles. The molecule has 12 heteroatoms. The van der Waals surface area contributed by atoms with Gasteiger partial charge in [-0.15, -0.1) is 0 Å². The van der Waals surface area contributed by atoms with E-state index in [0.29, 0.717) is 5.57 Å². The zero-order valence-corrected chi connectivity index (χ0v) is 20.8. The van der Waals surface area contributed by atoms with Crippen LogP contribution in [-0.2, 0) is 19.1 Å². The molecule has 0 heterocycles. The second kappa shape index (κ2) is 14.9. The monoisotopic (exact) mass is 544 g/mol. The van der Waals surface area contributed by atoms with Crippen LogP contribution in [0.1, 0.15) is 13.3 Å². The highest BCUT2D eigenvalue weighted by atomic mass is 35.5. The van der Waals surface area contributed by atoms with Gasteiger partial charge in [0.2, 0.25) is 0 Å². The standard InChI is InChI=1S/C24H24Cl2F2N2O6/c1-2-34-24(33)9-15(12-30-23(32)14-36-17-4-6-19(26)21(28)11-17)7-8-29-22(31)13-35-16-3-5-18(25)20(27)10-16/h3-6,9-11H,2,7-8,12-14H2,1H3,(H,29,31)(H,30,32)/b15-9+. The van der Waals surface area contributed by atoms with Crippen molar-refractivity contribution in [2.24, 2.45) is 0 Å². The first-order chi connectivity index (χ1) is 17.2. The third-order valence-corrected chi connectivity index (χ3v) is 5.02. The van der Waals surface area contributed by atoms with E-state index in [1.807, 2.05) is 0 Å². The lowest BCUT2D eigenvalue weighted by Gasteiger charge is -2.12. The van der Waals surface area contributed by atoms with Crippen LogP contribution >= 0.6 is 23.2 Å². The molecule has 0 aliphatic heterocycles.